The molecule has 366 valence electrons. The van der Waals surface area contributed by atoms with Gasteiger partial charge in [0, 0.05) is 58.5 Å². The van der Waals surface area contributed by atoms with Gasteiger partial charge in [0.05, 0.1) is 30.5 Å². The Morgan fingerprint density at radius 1 is 0.862 bits per heavy atom. The van der Waals surface area contributed by atoms with E-state index in [2.05, 4.69) is 0 Å². The predicted molar refractivity (Wildman–Crippen MR) is 245 cm³/mol. The zero-order valence-corrected chi connectivity index (χ0v) is 40.6. The van der Waals surface area contributed by atoms with Crippen molar-refractivity contribution in [3.8, 4) is 0 Å². The van der Waals surface area contributed by atoms with Gasteiger partial charge in [0.2, 0.25) is 5.79 Å². The van der Waals surface area contributed by atoms with Crippen molar-refractivity contribution in [3.05, 3.63) is 47.6 Å². The third kappa shape index (κ3) is 14.3. The van der Waals surface area contributed by atoms with Gasteiger partial charge in [-0.3, -0.25) is 19.2 Å². The zero-order chi connectivity index (χ0) is 48.2. The first kappa shape index (κ1) is 54.2. The van der Waals surface area contributed by atoms with E-state index in [-0.39, 0.29) is 54.8 Å². The number of carbonyl (C=O) groups is 5. The number of ether oxygens (including phenoxy) is 5. The van der Waals surface area contributed by atoms with E-state index in [1.807, 2.05) is 58.1 Å². The minimum absolute atomic E-state index is 0.0220. The highest BCUT2D eigenvalue weighted by Gasteiger charge is 2.53. The van der Waals surface area contributed by atoms with Crippen LogP contribution in [0.25, 0.3) is 0 Å². The van der Waals surface area contributed by atoms with Gasteiger partial charge in [0.1, 0.15) is 18.2 Å². The summed E-state index contributed by atoms with van der Waals surface area (Å²) in [6.45, 7) is 12.7. The van der Waals surface area contributed by atoms with Crippen LogP contribution in [-0.2, 0) is 47.7 Å². The number of esters is 1. The number of rotatable bonds is 6. The Hall–Kier alpha value is -3.37. The Kier molecular flexibility index (Phi) is 21.0. The van der Waals surface area contributed by atoms with Crippen molar-refractivity contribution in [2.45, 2.75) is 180 Å². The first-order chi connectivity index (χ1) is 30.7. The molecule has 3 fully saturated rings. The number of hydrogen-bond donors (Lipinski definition) is 3. The maximum atomic E-state index is 14.4. The number of allylic oxidation sites excluding steroid dienone is 6. The van der Waals surface area contributed by atoms with Crippen molar-refractivity contribution in [2.75, 3.05) is 27.9 Å². The van der Waals surface area contributed by atoms with Crippen molar-refractivity contribution in [1.82, 2.24) is 4.90 Å². The third-order valence-electron chi connectivity index (χ3n) is 14.5. The lowest BCUT2D eigenvalue weighted by molar-refractivity contribution is -0.265. The largest absolute Gasteiger partial charge is 0.460 e. The number of Topliss-reactive ketones (excluding diaryl/α,β-unsaturated/α-hetero) is 3. The number of piperidine rings is 1. The van der Waals surface area contributed by atoms with Crippen molar-refractivity contribution in [2.24, 2.45) is 35.5 Å². The molecule has 1 saturated carbocycles. The summed E-state index contributed by atoms with van der Waals surface area (Å²) in [5.41, 5.74) is 1.19. The lowest BCUT2D eigenvalue weighted by Gasteiger charge is -2.42. The number of methoxy groups -OCH3 is 3. The van der Waals surface area contributed by atoms with Gasteiger partial charge in [-0.05, 0) is 107 Å². The molecule has 0 aromatic rings. The van der Waals surface area contributed by atoms with Crippen LogP contribution < -0.4 is 0 Å². The number of aliphatic hydroxyl groups is 3. The van der Waals surface area contributed by atoms with E-state index in [0.717, 1.165) is 12.0 Å². The molecule has 2 bridgehead atoms. The van der Waals surface area contributed by atoms with Gasteiger partial charge in [-0.2, -0.15) is 0 Å². The standard InChI is InChI=1S/C51H79NO13/c1-30-16-12-11-13-17-31(2)42(61-8)28-38-21-19-36(7)51(60,65-38)48(57)49(58)52-23-15-14-18-39(52)50(59)64-43(33(4)26-37-20-22-40(53)44(27-37)62-9)29-41(54)32(3)25-35(6)46(56)47(63-10)45(55)34(5)24-30/h11-13,16-17,25,30,33-40,42-44,46-47,53,56,60H,14-15,18-24,26-29H2,1-10H3/t30-,33-,34-,35?,36-,37+,38+,39?,40-,42+,43?,44-,46-,47+,51-/m1/s1. The fourth-order valence-corrected chi connectivity index (χ4v) is 10.1. The van der Waals surface area contributed by atoms with Gasteiger partial charge in [-0.25, -0.2) is 4.79 Å². The van der Waals surface area contributed by atoms with Crippen LogP contribution in [0.1, 0.15) is 126 Å². The van der Waals surface area contributed by atoms with Crippen molar-refractivity contribution < 1.29 is 63.0 Å². The van der Waals surface area contributed by atoms with E-state index < -0.39 is 83.9 Å². The molecule has 0 aromatic heterocycles. The van der Waals surface area contributed by atoms with Gasteiger partial charge in [-0.1, -0.05) is 71.1 Å². The summed E-state index contributed by atoms with van der Waals surface area (Å²) in [7, 11) is 4.53. The maximum absolute atomic E-state index is 14.4. The first-order valence-electron chi connectivity index (χ1n) is 23.9. The van der Waals surface area contributed by atoms with Crippen LogP contribution in [0.5, 0.6) is 0 Å². The second kappa shape index (κ2) is 25.1. The number of hydrogen-bond acceptors (Lipinski definition) is 13. The molecule has 1 aliphatic carbocycles. The lowest BCUT2D eigenvalue weighted by Crippen LogP contribution is -2.61. The van der Waals surface area contributed by atoms with Gasteiger partial charge in [0.15, 0.2) is 11.6 Å². The second-order valence-corrected chi connectivity index (χ2v) is 19.6. The van der Waals surface area contributed by atoms with Crippen LogP contribution in [-0.4, -0.2) is 132 Å². The fraction of sp³-hybridized carbons (Fsp3) is 0.745. The Morgan fingerprint density at radius 2 is 1.58 bits per heavy atom. The SMILES string of the molecule is CO[C@H]1C[C@@H]2CC[C@@H](C)[C@@](O)(O2)C(=O)C(=O)N2CCCCC2C(=O)OC([C@H](C)C[C@@H]2CC[C@@H](O)[C@H](OC)C2)CC(=O)C(C)=CC(C)[C@@H](O)[C@@H](OC)C(=O)[C@H](C)C[C@H](C)C=CC=CC=C1C. The number of aliphatic hydroxyl groups excluding tert-OH is 2. The highest BCUT2D eigenvalue weighted by molar-refractivity contribution is 6.39. The summed E-state index contributed by atoms with van der Waals surface area (Å²) in [5, 5.41) is 33.9. The Balaban J connectivity index is 1.70. The monoisotopic (exact) mass is 914 g/mol. The van der Waals surface area contributed by atoms with Crippen molar-refractivity contribution in [1.29, 1.82) is 0 Å². The highest BCUT2D eigenvalue weighted by atomic mass is 16.6. The topological polar surface area (TPSA) is 195 Å². The first-order valence-corrected chi connectivity index (χ1v) is 23.9. The number of ketones is 3. The number of cyclic esters (lactones) is 1. The van der Waals surface area contributed by atoms with Crippen LogP contribution in [0.2, 0.25) is 0 Å². The quantitative estimate of drug-likeness (QED) is 0.202. The Bertz CT molecular complexity index is 1760. The number of carbonyl (C=O) groups excluding carboxylic acids is 5. The summed E-state index contributed by atoms with van der Waals surface area (Å²) in [4.78, 5) is 71.7. The van der Waals surface area contributed by atoms with Gasteiger partial charge in [-0.15, -0.1) is 0 Å². The van der Waals surface area contributed by atoms with E-state index in [4.69, 9.17) is 23.7 Å². The molecule has 3 aliphatic heterocycles. The predicted octanol–water partition coefficient (Wildman–Crippen LogP) is 6.18. The molecule has 4 aliphatic rings. The Morgan fingerprint density at radius 3 is 2.26 bits per heavy atom. The number of fused-ring (bicyclic) bond motifs is 3. The van der Waals surface area contributed by atoms with Gasteiger partial charge < -0.3 is 43.9 Å². The van der Waals surface area contributed by atoms with Gasteiger partial charge >= 0.3 is 5.97 Å². The van der Waals surface area contributed by atoms with E-state index in [1.165, 1.54) is 12.0 Å². The molecule has 2 saturated heterocycles. The minimum atomic E-state index is -2.43. The molecule has 0 radical (unpaired) electrons. The summed E-state index contributed by atoms with van der Waals surface area (Å²) in [6, 6.07) is -1.14. The van der Waals surface area contributed by atoms with Crippen LogP contribution in [0.3, 0.4) is 0 Å². The third-order valence-corrected chi connectivity index (χ3v) is 14.5. The van der Waals surface area contributed by atoms with E-state index in [0.29, 0.717) is 63.4 Å². The van der Waals surface area contributed by atoms with Crippen LogP contribution in [0, 0.1) is 35.5 Å². The average Bonchev–Trinajstić information content (AvgIpc) is 3.28. The molecular weight excluding hydrogens is 835 g/mol. The molecule has 15 atom stereocenters. The molecule has 14 nitrogen and oxygen atoms in total. The van der Waals surface area contributed by atoms with E-state index in [9.17, 15) is 39.3 Å². The van der Waals surface area contributed by atoms with Crippen LogP contribution in [0.4, 0.5) is 0 Å². The van der Waals surface area contributed by atoms with Gasteiger partial charge in [0.25, 0.3) is 11.7 Å². The molecule has 1 amide bonds. The molecule has 0 aromatic carbocycles. The lowest BCUT2D eigenvalue weighted by atomic mass is 9.78. The van der Waals surface area contributed by atoms with Crippen LogP contribution in [0.15, 0.2) is 47.6 Å². The van der Waals surface area contributed by atoms with E-state index in [1.54, 1.807) is 41.1 Å². The summed E-state index contributed by atoms with van der Waals surface area (Å²) in [5.74, 6) is -7.93. The zero-order valence-electron chi connectivity index (χ0n) is 40.6. The molecule has 4 rings (SSSR count). The Labute approximate surface area is 387 Å². The summed E-state index contributed by atoms with van der Waals surface area (Å²) in [6.07, 6.45) is 11.2. The molecule has 14 heteroatoms. The molecular formula is C51H79NO13. The summed E-state index contributed by atoms with van der Waals surface area (Å²) < 4.78 is 29.4. The second-order valence-electron chi connectivity index (χ2n) is 19.6. The maximum Gasteiger partial charge on any atom is 0.329 e. The summed E-state index contributed by atoms with van der Waals surface area (Å²) >= 11 is 0. The van der Waals surface area contributed by atoms with Crippen molar-refractivity contribution >= 4 is 29.2 Å². The molecule has 3 heterocycles. The van der Waals surface area contributed by atoms with Crippen LogP contribution >= 0.6 is 0 Å². The molecule has 0 spiro atoms. The average molecular weight is 914 g/mol. The molecule has 65 heavy (non-hydrogen) atoms. The van der Waals surface area contributed by atoms with E-state index >= 15 is 0 Å². The highest BCUT2D eigenvalue weighted by Crippen LogP contribution is 2.38. The number of amides is 1. The molecule has 3 N–H and O–H groups in total. The fourth-order valence-electron chi connectivity index (χ4n) is 10.1. The number of nitrogens with zero attached hydrogens (tertiary/aromatic N) is 1. The normalized spacial score (nSPS) is 37.8. The smallest absolute Gasteiger partial charge is 0.329 e. The molecule has 3 unspecified atom stereocenters. The van der Waals surface area contributed by atoms with Crippen molar-refractivity contribution in [3.63, 3.8) is 0 Å². The minimum Gasteiger partial charge on any atom is -0.460 e.